The number of piperazine rings is 1. The standard InChI is InChI=1S/C14H17BrN4O2S/c1-18-8-9-19(10-12(18)14-16-6-7-17-14)22(20,21)13-5-3-2-4-11(13)15/h2-7,12H,8-10H2,1H3,(H,16,17)/t12-/m0/s1. The molecule has 0 bridgehead atoms. The van der Waals surface area contributed by atoms with Gasteiger partial charge in [-0.25, -0.2) is 13.4 Å². The van der Waals surface area contributed by atoms with E-state index in [2.05, 4.69) is 30.8 Å². The van der Waals surface area contributed by atoms with Crippen LogP contribution < -0.4 is 0 Å². The number of hydrogen-bond donors (Lipinski definition) is 1. The lowest BCUT2D eigenvalue weighted by molar-refractivity contribution is 0.142. The van der Waals surface area contributed by atoms with Crippen LogP contribution in [0.3, 0.4) is 0 Å². The summed E-state index contributed by atoms with van der Waals surface area (Å²) in [5.41, 5.74) is 0. The number of rotatable bonds is 3. The van der Waals surface area contributed by atoms with Crippen molar-refractivity contribution < 1.29 is 8.42 Å². The zero-order chi connectivity index (χ0) is 15.7. The van der Waals surface area contributed by atoms with Gasteiger partial charge in [-0.05, 0) is 35.1 Å². The van der Waals surface area contributed by atoms with Crippen LogP contribution >= 0.6 is 15.9 Å². The molecule has 3 rings (SSSR count). The number of imidazole rings is 1. The van der Waals surface area contributed by atoms with Crippen LogP contribution in [0.5, 0.6) is 0 Å². The van der Waals surface area contributed by atoms with Gasteiger partial charge in [-0.1, -0.05) is 12.1 Å². The van der Waals surface area contributed by atoms with Gasteiger partial charge in [-0.3, -0.25) is 4.90 Å². The smallest absolute Gasteiger partial charge is 0.244 e. The van der Waals surface area contributed by atoms with E-state index in [9.17, 15) is 8.42 Å². The molecule has 8 heteroatoms. The maximum Gasteiger partial charge on any atom is 0.244 e. The number of benzene rings is 1. The molecule has 0 radical (unpaired) electrons. The van der Waals surface area contributed by atoms with E-state index in [0.29, 0.717) is 29.0 Å². The van der Waals surface area contributed by atoms with Gasteiger partial charge in [0.15, 0.2) is 0 Å². The first kappa shape index (κ1) is 15.7. The summed E-state index contributed by atoms with van der Waals surface area (Å²) >= 11 is 3.33. The average Bonchev–Trinajstić information content (AvgIpc) is 3.02. The van der Waals surface area contributed by atoms with E-state index in [0.717, 1.165) is 5.82 Å². The first-order valence-electron chi connectivity index (χ1n) is 6.94. The third kappa shape index (κ3) is 2.83. The molecule has 0 aliphatic carbocycles. The molecule has 1 saturated heterocycles. The van der Waals surface area contributed by atoms with Crippen molar-refractivity contribution in [2.45, 2.75) is 10.9 Å². The Hall–Kier alpha value is -1.22. The molecule has 0 unspecified atom stereocenters. The first-order valence-corrected chi connectivity index (χ1v) is 9.17. The van der Waals surface area contributed by atoms with Crippen molar-refractivity contribution in [2.24, 2.45) is 0 Å². The van der Waals surface area contributed by atoms with E-state index in [1.54, 1.807) is 36.7 Å². The zero-order valence-electron chi connectivity index (χ0n) is 12.1. The largest absolute Gasteiger partial charge is 0.347 e. The summed E-state index contributed by atoms with van der Waals surface area (Å²) in [6.07, 6.45) is 3.44. The SMILES string of the molecule is CN1CCN(S(=O)(=O)c2ccccc2Br)C[C@H]1c1ncc[nH]1. The minimum atomic E-state index is -3.52. The van der Waals surface area contributed by atoms with Crippen molar-refractivity contribution in [2.75, 3.05) is 26.7 Å². The van der Waals surface area contributed by atoms with E-state index < -0.39 is 10.0 Å². The van der Waals surface area contributed by atoms with E-state index in [1.165, 1.54) is 4.31 Å². The van der Waals surface area contributed by atoms with Crippen LogP contribution in [0.15, 0.2) is 46.0 Å². The van der Waals surface area contributed by atoms with Crippen LogP contribution in [0.25, 0.3) is 0 Å². The lowest BCUT2D eigenvalue weighted by Crippen LogP contribution is -2.49. The van der Waals surface area contributed by atoms with Crippen molar-refractivity contribution in [3.63, 3.8) is 0 Å². The minimum absolute atomic E-state index is 0.0685. The molecule has 0 saturated carbocycles. The Morgan fingerprint density at radius 1 is 1.32 bits per heavy atom. The molecule has 118 valence electrons. The highest BCUT2D eigenvalue weighted by molar-refractivity contribution is 9.10. The molecule has 2 aromatic rings. The van der Waals surface area contributed by atoms with Crippen LogP contribution in [0.1, 0.15) is 11.9 Å². The molecule has 1 atom stereocenters. The number of nitrogens with one attached hydrogen (secondary N) is 1. The van der Waals surface area contributed by atoms with E-state index in [1.807, 2.05) is 7.05 Å². The van der Waals surface area contributed by atoms with E-state index in [-0.39, 0.29) is 6.04 Å². The highest BCUT2D eigenvalue weighted by Crippen LogP contribution is 2.29. The predicted octanol–water partition coefficient (Wildman–Crippen LogP) is 1.85. The van der Waals surface area contributed by atoms with Gasteiger partial charge in [0, 0.05) is 36.5 Å². The van der Waals surface area contributed by atoms with Gasteiger partial charge in [0.2, 0.25) is 10.0 Å². The van der Waals surface area contributed by atoms with E-state index >= 15 is 0 Å². The number of hydrogen-bond acceptors (Lipinski definition) is 4. The molecular formula is C14H17BrN4O2S. The molecule has 0 spiro atoms. The molecule has 1 aliphatic rings. The number of sulfonamides is 1. The molecule has 1 N–H and O–H groups in total. The Kier molecular flexibility index (Phi) is 4.35. The van der Waals surface area contributed by atoms with Crippen LogP contribution in [-0.4, -0.2) is 54.3 Å². The monoisotopic (exact) mass is 384 g/mol. The van der Waals surface area contributed by atoms with Crippen LogP contribution in [-0.2, 0) is 10.0 Å². The summed E-state index contributed by atoms with van der Waals surface area (Å²) < 4.78 is 27.9. The van der Waals surface area contributed by atoms with Gasteiger partial charge in [-0.2, -0.15) is 4.31 Å². The summed E-state index contributed by atoms with van der Waals surface area (Å²) in [7, 11) is -1.54. The van der Waals surface area contributed by atoms with Crippen LogP contribution in [0.4, 0.5) is 0 Å². The highest BCUT2D eigenvalue weighted by Gasteiger charge is 2.35. The summed E-state index contributed by atoms with van der Waals surface area (Å²) in [5.74, 6) is 0.787. The number of H-pyrrole nitrogens is 1. The fourth-order valence-electron chi connectivity index (χ4n) is 2.61. The van der Waals surface area contributed by atoms with Crippen LogP contribution in [0, 0.1) is 0 Å². The van der Waals surface area contributed by atoms with Crippen molar-refractivity contribution in [1.82, 2.24) is 19.2 Å². The Bertz CT molecular complexity index is 748. The molecular weight excluding hydrogens is 368 g/mol. The number of aromatic amines is 1. The average molecular weight is 385 g/mol. The Balaban J connectivity index is 1.90. The summed E-state index contributed by atoms with van der Waals surface area (Å²) in [6, 6.07) is 6.84. The van der Waals surface area contributed by atoms with Gasteiger partial charge in [0.1, 0.15) is 5.82 Å². The highest BCUT2D eigenvalue weighted by atomic mass is 79.9. The Morgan fingerprint density at radius 3 is 2.77 bits per heavy atom. The van der Waals surface area contributed by atoms with Crippen molar-refractivity contribution in [1.29, 1.82) is 0 Å². The quantitative estimate of drug-likeness (QED) is 0.876. The molecule has 1 aromatic carbocycles. The van der Waals surface area contributed by atoms with E-state index in [4.69, 9.17) is 0 Å². The zero-order valence-corrected chi connectivity index (χ0v) is 14.5. The fraction of sp³-hybridized carbons (Fsp3) is 0.357. The molecule has 0 amide bonds. The second-order valence-electron chi connectivity index (χ2n) is 5.26. The van der Waals surface area contributed by atoms with Gasteiger partial charge >= 0.3 is 0 Å². The fourth-order valence-corrected chi connectivity index (χ4v) is 5.02. The number of likely N-dealkylation sites (N-methyl/N-ethyl adjacent to an activating group) is 1. The van der Waals surface area contributed by atoms with Gasteiger partial charge in [-0.15, -0.1) is 0 Å². The third-order valence-electron chi connectivity index (χ3n) is 3.90. The number of halogens is 1. The number of nitrogens with zero attached hydrogens (tertiary/aromatic N) is 3. The topological polar surface area (TPSA) is 69.3 Å². The lowest BCUT2D eigenvalue weighted by Gasteiger charge is -2.37. The number of aromatic nitrogens is 2. The summed E-state index contributed by atoms with van der Waals surface area (Å²) in [6.45, 7) is 1.51. The second kappa shape index (κ2) is 6.11. The first-order chi connectivity index (χ1) is 10.5. The van der Waals surface area contributed by atoms with Gasteiger partial charge in [0.25, 0.3) is 0 Å². The maximum atomic E-state index is 12.9. The van der Waals surface area contributed by atoms with Crippen molar-refractivity contribution in [3.05, 3.63) is 47.0 Å². The van der Waals surface area contributed by atoms with Crippen molar-refractivity contribution >= 4 is 26.0 Å². The molecule has 1 fully saturated rings. The lowest BCUT2D eigenvalue weighted by atomic mass is 10.2. The summed E-state index contributed by atoms with van der Waals surface area (Å²) in [5, 5.41) is 0. The summed E-state index contributed by atoms with van der Waals surface area (Å²) in [4.78, 5) is 9.77. The third-order valence-corrected chi connectivity index (χ3v) is 6.78. The molecule has 22 heavy (non-hydrogen) atoms. The Labute approximate surface area is 138 Å². The maximum absolute atomic E-state index is 12.9. The van der Waals surface area contributed by atoms with Gasteiger partial charge in [0.05, 0.1) is 10.9 Å². The second-order valence-corrected chi connectivity index (χ2v) is 8.02. The normalized spacial score (nSPS) is 21.1. The molecule has 6 nitrogen and oxygen atoms in total. The van der Waals surface area contributed by atoms with Crippen LogP contribution in [0.2, 0.25) is 0 Å². The molecule has 2 heterocycles. The Morgan fingerprint density at radius 2 is 2.09 bits per heavy atom. The van der Waals surface area contributed by atoms with Gasteiger partial charge < -0.3 is 4.98 Å². The molecule has 1 aliphatic heterocycles. The predicted molar refractivity (Wildman–Crippen MR) is 86.9 cm³/mol. The van der Waals surface area contributed by atoms with Crippen molar-refractivity contribution in [3.8, 4) is 0 Å². The minimum Gasteiger partial charge on any atom is -0.347 e. The molecule has 1 aromatic heterocycles.